The first-order valence-electron chi connectivity index (χ1n) is 5.44. The van der Waals surface area contributed by atoms with Crippen LogP contribution in [0, 0.1) is 0 Å². The van der Waals surface area contributed by atoms with E-state index in [1.807, 2.05) is 30.3 Å². The summed E-state index contributed by atoms with van der Waals surface area (Å²) in [6.07, 6.45) is 0.0169. The molecule has 5 heteroatoms. The Labute approximate surface area is 110 Å². The fourth-order valence-electron chi connectivity index (χ4n) is 1.25. The molecule has 0 spiro atoms. The van der Waals surface area contributed by atoms with E-state index < -0.39 is 0 Å². The van der Waals surface area contributed by atoms with Crippen molar-refractivity contribution < 1.29 is 14.4 Å². The maximum absolute atomic E-state index is 11.7. The number of ketones is 2. The third-order valence-corrected chi connectivity index (χ3v) is 3.19. The molecule has 96 valence electrons. The number of carbonyl (C=O) groups excluding carboxylic acids is 2. The molecule has 1 aromatic rings. The molecule has 0 saturated carbocycles. The van der Waals surface area contributed by atoms with Gasteiger partial charge in [0.25, 0.3) is 0 Å². The molecule has 0 radical (unpaired) electrons. The van der Waals surface area contributed by atoms with E-state index in [-0.39, 0.29) is 23.7 Å². The lowest BCUT2D eigenvalue weighted by molar-refractivity contribution is -0.117. The van der Waals surface area contributed by atoms with E-state index in [4.69, 9.17) is 0 Å². The molecule has 0 aliphatic rings. The minimum atomic E-state index is -0.241. The van der Waals surface area contributed by atoms with Gasteiger partial charge in [-0.3, -0.25) is 9.59 Å². The van der Waals surface area contributed by atoms with Gasteiger partial charge in [-0.15, -0.1) is 11.8 Å². The van der Waals surface area contributed by atoms with Crippen LogP contribution in [-0.4, -0.2) is 30.1 Å². The summed E-state index contributed by atoms with van der Waals surface area (Å²) in [5.41, 5.74) is 0.163. The Balaban J connectivity index is 2.47. The molecule has 1 aromatic carbocycles. The van der Waals surface area contributed by atoms with Crippen LogP contribution in [-0.2, 0) is 14.4 Å². The van der Waals surface area contributed by atoms with E-state index in [0.29, 0.717) is 5.75 Å². The van der Waals surface area contributed by atoms with Crippen molar-refractivity contribution in [2.75, 3.05) is 12.9 Å². The van der Waals surface area contributed by atoms with Gasteiger partial charge in [0.2, 0.25) is 0 Å². The van der Waals surface area contributed by atoms with E-state index in [0.717, 1.165) is 4.90 Å². The van der Waals surface area contributed by atoms with Crippen molar-refractivity contribution in [2.45, 2.75) is 18.2 Å². The smallest absolute Gasteiger partial charge is 0.177 e. The first-order chi connectivity index (χ1) is 8.63. The van der Waals surface area contributed by atoms with Crippen LogP contribution in [0.2, 0.25) is 0 Å². The Kier molecular flexibility index (Phi) is 6.14. The van der Waals surface area contributed by atoms with Crippen molar-refractivity contribution in [1.82, 2.24) is 0 Å². The van der Waals surface area contributed by atoms with Gasteiger partial charge in [0.15, 0.2) is 5.78 Å². The largest absolute Gasteiger partial charge is 0.399 e. The van der Waals surface area contributed by atoms with Crippen molar-refractivity contribution in [3.05, 3.63) is 30.3 Å². The highest BCUT2D eigenvalue weighted by Crippen LogP contribution is 2.17. The van der Waals surface area contributed by atoms with Gasteiger partial charge in [0.05, 0.1) is 12.2 Å². The molecular formula is C13H15NO3S. The summed E-state index contributed by atoms with van der Waals surface area (Å²) in [7, 11) is 1.35. The highest BCUT2D eigenvalue weighted by molar-refractivity contribution is 8.00. The van der Waals surface area contributed by atoms with Gasteiger partial charge in [-0.1, -0.05) is 23.4 Å². The van der Waals surface area contributed by atoms with Crippen molar-refractivity contribution >= 4 is 29.0 Å². The van der Waals surface area contributed by atoms with Gasteiger partial charge in [-0.25, -0.2) is 0 Å². The molecule has 0 bridgehead atoms. The number of carbonyl (C=O) groups is 2. The Morgan fingerprint density at radius 1 is 1.28 bits per heavy atom. The second-order valence-corrected chi connectivity index (χ2v) is 4.64. The average molecular weight is 265 g/mol. The summed E-state index contributed by atoms with van der Waals surface area (Å²) >= 11 is 1.44. The number of rotatable bonds is 7. The average Bonchev–Trinajstić information content (AvgIpc) is 2.37. The SMILES string of the molecule is CO/N=C(\CC(=O)CSc1ccccc1)C(C)=O. The van der Waals surface area contributed by atoms with Crippen LogP contribution < -0.4 is 0 Å². The molecule has 0 amide bonds. The number of oxime groups is 1. The zero-order chi connectivity index (χ0) is 13.4. The van der Waals surface area contributed by atoms with E-state index >= 15 is 0 Å². The number of hydrogen-bond donors (Lipinski definition) is 0. The first-order valence-corrected chi connectivity index (χ1v) is 6.42. The van der Waals surface area contributed by atoms with E-state index in [2.05, 4.69) is 9.99 Å². The number of hydrogen-bond acceptors (Lipinski definition) is 5. The van der Waals surface area contributed by atoms with Crippen LogP contribution in [0.3, 0.4) is 0 Å². The fourth-order valence-corrected chi connectivity index (χ4v) is 2.03. The highest BCUT2D eigenvalue weighted by Gasteiger charge is 2.13. The monoisotopic (exact) mass is 265 g/mol. The molecule has 0 saturated heterocycles. The van der Waals surface area contributed by atoms with Gasteiger partial charge in [-0.2, -0.15) is 0 Å². The van der Waals surface area contributed by atoms with Crippen LogP contribution >= 0.6 is 11.8 Å². The maximum atomic E-state index is 11.7. The third kappa shape index (κ3) is 5.14. The van der Waals surface area contributed by atoms with Gasteiger partial charge >= 0.3 is 0 Å². The Hall–Kier alpha value is -1.62. The summed E-state index contributed by atoms with van der Waals surface area (Å²) in [4.78, 5) is 28.4. The van der Waals surface area contributed by atoms with Gasteiger partial charge in [-0.05, 0) is 12.1 Å². The molecule has 0 aliphatic carbocycles. The van der Waals surface area contributed by atoms with Crippen molar-refractivity contribution in [3.8, 4) is 0 Å². The molecule has 4 nitrogen and oxygen atoms in total. The molecular weight excluding hydrogens is 250 g/mol. The minimum Gasteiger partial charge on any atom is -0.399 e. The van der Waals surface area contributed by atoms with Gasteiger partial charge in [0, 0.05) is 11.8 Å². The highest BCUT2D eigenvalue weighted by atomic mass is 32.2. The molecule has 0 fully saturated rings. The molecule has 18 heavy (non-hydrogen) atoms. The Morgan fingerprint density at radius 2 is 1.94 bits per heavy atom. The molecule has 0 aliphatic heterocycles. The molecule has 0 N–H and O–H groups in total. The lowest BCUT2D eigenvalue weighted by Crippen LogP contribution is -2.17. The van der Waals surface area contributed by atoms with E-state index in [9.17, 15) is 9.59 Å². The van der Waals surface area contributed by atoms with Crippen LogP contribution in [0.25, 0.3) is 0 Å². The predicted molar refractivity (Wildman–Crippen MR) is 71.9 cm³/mol. The molecule has 0 unspecified atom stereocenters. The lowest BCUT2D eigenvalue weighted by Gasteiger charge is -2.02. The maximum Gasteiger partial charge on any atom is 0.177 e. The van der Waals surface area contributed by atoms with Crippen LogP contribution in [0.15, 0.2) is 40.4 Å². The summed E-state index contributed by atoms with van der Waals surface area (Å²) in [6, 6.07) is 9.63. The van der Waals surface area contributed by atoms with Crippen molar-refractivity contribution in [1.29, 1.82) is 0 Å². The zero-order valence-electron chi connectivity index (χ0n) is 10.4. The number of Topliss-reactive ketones (excluding diaryl/α,β-unsaturated/α-hetero) is 2. The summed E-state index contributed by atoms with van der Waals surface area (Å²) in [6.45, 7) is 1.37. The fraction of sp³-hybridized carbons (Fsp3) is 0.308. The quantitative estimate of drug-likeness (QED) is 0.431. The van der Waals surface area contributed by atoms with Crippen LogP contribution in [0.5, 0.6) is 0 Å². The topological polar surface area (TPSA) is 55.7 Å². The zero-order valence-corrected chi connectivity index (χ0v) is 11.2. The predicted octanol–water partition coefficient (Wildman–Crippen LogP) is 2.33. The van der Waals surface area contributed by atoms with Gasteiger partial charge in [0.1, 0.15) is 18.6 Å². The third-order valence-electron chi connectivity index (χ3n) is 2.12. The minimum absolute atomic E-state index is 0.0169. The molecule has 1 rings (SSSR count). The summed E-state index contributed by atoms with van der Waals surface area (Å²) in [5, 5.41) is 3.56. The number of thioether (sulfide) groups is 1. The normalized spacial score (nSPS) is 11.1. The Bertz CT molecular complexity index is 443. The van der Waals surface area contributed by atoms with Crippen LogP contribution in [0.1, 0.15) is 13.3 Å². The van der Waals surface area contributed by atoms with Crippen molar-refractivity contribution in [3.63, 3.8) is 0 Å². The van der Waals surface area contributed by atoms with E-state index in [1.165, 1.54) is 25.8 Å². The van der Waals surface area contributed by atoms with Crippen LogP contribution in [0.4, 0.5) is 0 Å². The lowest BCUT2D eigenvalue weighted by atomic mass is 10.1. The number of nitrogens with zero attached hydrogens (tertiary/aromatic N) is 1. The molecule has 0 atom stereocenters. The number of benzene rings is 1. The Morgan fingerprint density at radius 3 is 2.50 bits per heavy atom. The summed E-state index contributed by atoms with van der Waals surface area (Å²) in [5.74, 6) is 0.0322. The first kappa shape index (κ1) is 14.4. The standard InChI is InChI=1S/C13H15NO3S/c1-10(15)13(14-17-2)8-11(16)9-18-12-6-4-3-5-7-12/h3-7H,8-9H2,1-2H3/b14-13+. The molecule has 0 heterocycles. The van der Waals surface area contributed by atoms with Crippen molar-refractivity contribution in [2.24, 2.45) is 5.16 Å². The molecule has 0 aromatic heterocycles. The second-order valence-electron chi connectivity index (χ2n) is 3.59. The second kappa shape index (κ2) is 7.66. The van der Waals surface area contributed by atoms with E-state index in [1.54, 1.807) is 0 Å². The summed E-state index contributed by atoms with van der Waals surface area (Å²) < 4.78 is 0. The van der Waals surface area contributed by atoms with Gasteiger partial charge < -0.3 is 4.84 Å².